The highest BCUT2D eigenvalue weighted by molar-refractivity contribution is 9.10. The Morgan fingerprint density at radius 1 is 1.21 bits per heavy atom. The monoisotopic (exact) mass is 557 g/mol. The van der Waals surface area contributed by atoms with Gasteiger partial charge in [0, 0.05) is 21.4 Å². The molecule has 1 aliphatic rings. The Hall–Kier alpha value is -3.01. The van der Waals surface area contributed by atoms with Crippen LogP contribution in [0.5, 0.6) is 11.5 Å². The van der Waals surface area contributed by atoms with Gasteiger partial charge in [0.2, 0.25) is 5.16 Å². The minimum atomic E-state index is -0.516. The first-order valence-corrected chi connectivity index (χ1v) is 12.5. The minimum Gasteiger partial charge on any atom is -0.503 e. The van der Waals surface area contributed by atoms with E-state index in [-0.39, 0.29) is 11.3 Å². The average Bonchev–Trinajstić information content (AvgIpc) is 2.84. The first-order chi connectivity index (χ1) is 16.5. The molecule has 0 unspecified atom stereocenters. The number of hydrogen-bond donors (Lipinski definition) is 3. The molecule has 0 bridgehead atoms. The van der Waals surface area contributed by atoms with Crippen LogP contribution in [0.25, 0.3) is 11.3 Å². The second-order valence-electron chi connectivity index (χ2n) is 7.58. The summed E-state index contributed by atoms with van der Waals surface area (Å²) in [6, 6.07) is 18.7. The number of ether oxygens (including phenoxy) is 1. The summed E-state index contributed by atoms with van der Waals surface area (Å²) < 4.78 is 7.49. The fourth-order valence-corrected chi connectivity index (χ4v) is 5.44. The Kier molecular flexibility index (Phi) is 6.24. The molecule has 172 valence electrons. The van der Waals surface area contributed by atoms with E-state index in [0.717, 1.165) is 22.4 Å². The zero-order chi connectivity index (χ0) is 23.8. The van der Waals surface area contributed by atoms with Crippen LogP contribution in [0.15, 0.2) is 75.1 Å². The summed E-state index contributed by atoms with van der Waals surface area (Å²) >= 11 is 11.1. The number of aromatic nitrogens is 3. The standard InChI is InChI=1S/C24H18BrClN4O3S/c1-33-19-11-14(10-16(25)21(19)31)22-27-18-9-5-3-7-15(18)20-23(32)28-24(29-30(20)22)34-12-13-6-2-4-8-17(13)26/h2-11,22H,12H2,1H3,(H2,28,29,31,32)/p+1/t22-/m1/s1. The molecule has 3 aromatic carbocycles. The molecule has 3 N–H and O–H groups in total. The van der Waals surface area contributed by atoms with E-state index in [1.54, 1.807) is 16.8 Å². The molecule has 2 heterocycles. The number of methoxy groups -OCH3 is 1. The Balaban J connectivity index is 1.62. The maximum atomic E-state index is 13.3. The number of nitrogens with zero attached hydrogens (tertiary/aromatic N) is 2. The van der Waals surface area contributed by atoms with Crippen molar-refractivity contribution in [2.45, 2.75) is 17.1 Å². The van der Waals surface area contributed by atoms with Gasteiger partial charge in [-0.15, -0.1) is 0 Å². The van der Waals surface area contributed by atoms with Crippen LogP contribution in [0.2, 0.25) is 5.02 Å². The van der Waals surface area contributed by atoms with Crippen molar-refractivity contribution in [3.8, 4) is 22.8 Å². The molecule has 10 heteroatoms. The van der Waals surface area contributed by atoms with Crippen LogP contribution in [0.4, 0.5) is 5.69 Å². The maximum Gasteiger partial charge on any atom is 0.325 e. The highest BCUT2D eigenvalue weighted by Gasteiger charge is 2.38. The van der Waals surface area contributed by atoms with Crippen LogP contribution in [-0.4, -0.2) is 22.3 Å². The predicted molar refractivity (Wildman–Crippen MR) is 136 cm³/mol. The van der Waals surface area contributed by atoms with Gasteiger partial charge in [0.1, 0.15) is 0 Å². The van der Waals surface area contributed by atoms with Crippen molar-refractivity contribution < 1.29 is 14.5 Å². The number of hydrogen-bond acceptors (Lipinski definition) is 6. The molecular weight excluding hydrogens is 540 g/mol. The number of nitrogens with one attached hydrogen (secondary N) is 2. The molecule has 0 fully saturated rings. The van der Waals surface area contributed by atoms with Gasteiger partial charge >= 0.3 is 11.3 Å². The summed E-state index contributed by atoms with van der Waals surface area (Å²) in [6.45, 7) is 0. The highest BCUT2D eigenvalue weighted by Crippen LogP contribution is 2.39. The Bertz CT molecular complexity index is 1460. The largest absolute Gasteiger partial charge is 0.503 e. The van der Waals surface area contributed by atoms with Gasteiger partial charge in [-0.05, 0) is 56.5 Å². The van der Waals surface area contributed by atoms with E-state index in [1.165, 1.54) is 18.9 Å². The summed E-state index contributed by atoms with van der Waals surface area (Å²) in [6.07, 6.45) is -0.516. The molecule has 0 radical (unpaired) electrons. The van der Waals surface area contributed by atoms with Crippen molar-refractivity contribution in [2.75, 3.05) is 12.4 Å². The number of aromatic hydroxyl groups is 1. The Morgan fingerprint density at radius 2 is 1.97 bits per heavy atom. The number of thioether (sulfide) groups is 1. The molecule has 1 atom stereocenters. The molecule has 5 rings (SSSR count). The number of phenolic OH excluding ortho intramolecular Hbond substituents is 1. The molecule has 1 aromatic heterocycles. The number of rotatable bonds is 5. The van der Waals surface area contributed by atoms with E-state index >= 15 is 0 Å². The van der Waals surface area contributed by atoms with Crippen LogP contribution >= 0.6 is 39.3 Å². The van der Waals surface area contributed by atoms with E-state index in [4.69, 9.17) is 21.4 Å². The number of anilines is 1. The summed E-state index contributed by atoms with van der Waals surface area (Å²) in [4.78, 5) is 16.2. The molecule has 0 spiro atoms. The van der Waals surface area contributed by atoms with Crippen LogP contribution in [-0.2, 0) is 5.75 Å². The molecule has 34 heavy (non-hydrogen) atoms. The van der Waals surface area contributed by atoms with Crippen molar-refractivity contribution in [1.29, 1.82) is 0 Å². The molecule has 7 nitrogen and oxygen atoms in total. The van der Waals surface area contributed by atoms with E-state index in [9.17, 15) is 9.90 Å². The first kappa shape index (κ1) is 22.8. The number of H-pyrrole nitrogens is 1. The molecule has 0 aliphatic carbocycles. The van der Waals surface area contributed by atoms with Gasteiger partial charge in [-0.25, -0.2) is 0 Å². The lowest BCUT2D eigenvalue weighted by molar-refractivity contribution is -0.759. The van der Waals surface area contributed by atoms with Crippen LogP contribution < -0.4 is 20.3 Å². The van der Waals surface area contributed by atoms with Gasteiger partial charge in [0.15, 0.2) is 11.5 Å². The summed E-state index contributed by atoms with van der Waals surface area (Å²) in [5, 5.41) is 19.7. The normalized spacial score (nSPS) is 14.1. The van der Waals surface area contributed by atoms with E-state index < -0.39 is 6.17 Å². The number of halogens is 2. The van der Waals surface area contributed by atoms with Crippen molar-refractivity contribution >= 4 is 45.0 Å². The SMILES string of the molecule is COc1cc([C@@H]2Nc3ccccc3-c3c(=O)[nH]c(SCc4ccccc4Cl)n[n+]32)cc(Br)c1O. The number of phenols is 1. The van der Waals surface area contributed by atoms with Gasteiger partial charge in [-0.2, -0.15) is 0 Å². The zero-order valence-corrected chi connectivity index (χ0v) is 21.0. The minimum absolute atomic E-state index is 0.00235. The third kappa shape index (κ3) is 4.15. The third-order valence-electron chi connectivity index (χ3n) is 5.49. The first-order valence-electron chi connectivity index (χ1n) is 10.3. The molecule has 0 saturated heterocycles. The highest BCUT2D eigenvalue weighted by atomic mass is 79.9. The number of aromatic amines is 1. The molecule has 1 aliphatic heterocycles. The molecular formula is C24H19BrClN4O3S+. The van der Waals surface area contributed by atoms with E-state index in [0.29, 0.717) is 31.8 Å². The zero-order valence-electron chi connectivity index (χ0n) is 17.9. The maximum absolute atomic E-state index is 13.3. The van der Waals surface area contributed by atoms with Gasteiger partial charge in [-0.3, -0.25) is 9.78 Å². The van der Waals surface area contributed by atoms with Crippen molar-refractivity contribution in [2.24, 2.45) is 0 Å². The number of benzene rings is 3. The topological polar surface area (TPSA) is 91.1 Å². The Labute approximate surface area is 212 Å². The van der Waals surface area contributed by atoms with Gasteiger partial charge in [-0.1, -0.05) is 53.7 Å². The smallest absolute Gasteiger partial charge is 0.325 e. The fourth-order valence-electron chi connectivity index (χ4n) is 3.85. The van der Waals surface area contributed by atoms with Gasteiger partial charge in [0.25, 0.3) is 6.17 Å². The third-order valence-corrected chi connectivity index (χ3v) is 7.38. The van der Waals surface area contributed by atoms with E-state index in [1.807, 2.05) is 48.5 Å². The lowest BCUT2D eigenvalue weighted by Crippen LogP contribution is -2.55. The number of para-hydroxylation sites is 1. The van der Waals surface area contributed by atoms with E-state index in [2.05, 4.69) is 26.2 Å². The van der Waals surface area contributed by atoms with Crippen LogP contribution in [0, 0.1) is 0 Å². The van der Waals surface area contributed by atoms with Gasteiger partial charge < -0.3 is 15.2 Å². The quantitative estimate of drug-likeness (QED) is 0.233. The second kappa shape index (κ2) is 9.32. The predicted octanol–water partition coefficient (Wildman–Crippen LogP) is 5.12. The van der Waals surface area contributed by atoms with Crippen molar-refractivity contribution in [3.05, 3.63) is 91.6 Å². The molecule has 0 saturated carbocycles. The van der Waals surface area contributed by atoms with Crippen LogP contribution in [0.1, 0.15) is 17.3 Å². The van der Waals surface area contributed by atoms with Gasteiger partial charge in [0.05, 0.1) is 22.8 Å². The molecule has 0 amide bonds. The summed E-state index contributed by atoms with van der Waals surface area (Å²) in [5.74, 6) is 0.864. The summed E-state index contributed by atoms with van der Waals surface area (Å²) in [5.41, 5.74) is 3.44. The Morgan fingerprint density at radius 3 is 2.76 bits per heavy atom. The van der Waals surface area contributed by atoms with Crippen LogP contribution in [0.3, 0.4) is 0 Å². The van der Waals surface area contributed by atoms with Crippen molar-refractivity contribution in [1.82, 2.24) is 10.1 Å². The summed E-state index contributed by atoms with van der Waals surface area (Å²) in [7, 11) is 1.49. The lowest BCUT2D eigenvalue weighted by Gasteiger charge is -2.23. The van der Waals surface area contributed by atoms with Crippen molar-refractivity contribution in [3.63, 3.8) is 0 Å². The second-order valence-corrected chi connectivity index (χ2v) is 9.80. The molecule has 4 aromatic rings. The lowest BCUT2D eigenvalue weighted by atomic mass is 10.0. The average molecular weight is 559 g/mol. The fraction of sp³-hybridized carbons (Fsp3) is 0.125. The number of fused-ring (bicyclic) bond motifs is 3.